The minimum atomic E-state index is -0.373. The van der Waals surface area contributed by atoms with Gasteiger partial charge in [-0.2, -0.15) is 0 Å². The van der Waals surface area contributed by atoms with E-state index in [1.807, 2.05) is 74.1 Å². The summed E-state index contributed by atoms with van der Waals surface area (Å²) in [6.45, 7) is 0.338. The number of hydrogen-bond donors (Lipinski definition) is 0. The Kier molecular flexibility index (Phi) is 5.71. The monoisotopic (exact) mass is 386 g/mol. The maximum atomic E-state index is 14.6. The molecule has 0 spiro atoms. The molecule has 1 unspecified atom stereocenters. The summed E-state index contributed by atoms with van der Waals surface area (Å²) >= 11 is 0. The predicted molar refractivity (Wildman–Crippen MR) is 115 cm³/mol. The van der Waals surface area contributed by atoms with E-state index in [1.54, 1.807) is 6.07 Å². The molecule has 0 bridgehead atoms. The van der Waals surface area contributed by atoms with Gasteiger partial charge < -0.3 is 9.64 Å². The summed E-state index contributed by atoms with van der Waals surface area (Å²) in [4.78, 5) is 6.74. The Hall–Kier alpha value is -3.40. The molecule has 0 saturated heterocycles. The quantitative estimate of drug-likeness (QED) is 0.572. The van der Waals surface area contributed by atoms with Gasteiger partial charge in [0.15, 0.2) is 11.6 Å². The Morgan fingerprint density at radius 3 is 2.28 bits per heavy atom. The summed E-state index contributed by atoms with van der Waals surface area (Å²) in [5.74, 6) is -0.122. The molecular formula is C25H23FN2O. The van der Waals surface area contributed by atoms with Gasteiger partial charge in [0, 0.05) is 31.5 Å². The maximum absolute atomic E-state index is 14.6. The van der Waals surface area contributed by atoms with Gasteiger partial charge in [-0.25, -0.2) is 4.39 Å². The lowest BCUT2D eigenvalue weighted by Gasteiger charge is -2.27. The molecule has 1 aliphatic rings. The molecule has 0 fully saturated rings. The van der Waals surface area contributed by atoms with E-state index >= 15 is 0 Å². The van der Waals surface area contributed by atoms with E-state index in [0.717, 1.165) is 23.1 Å². The lowest BCUT2D eigenvalue weighted by molar-refractivity contribution is 0.290. The lowest BCUT2D eigenvalue weighted by Crippen LogP contribution is -2.30. The van der Waals surface area contributed by atoms with Crippen molar-refractivity contribution in [2.75, 3.05) is 7.05 Å². The van der Waals surface area contributed by atoms with E-state index in [1.165, 1.54) is 11.6 Å². The van der Waals surface area contributed by atoms with Gasteiger partial charge in [-0.3, -0.25) is 4.99 Å². The number of halogens is 1. The van der Waals surface area contributed by atoms with Crippen molar-refractivity contribution in [1.82, 2.24) is 4.90 Å². The van der Waals surface area contributed by atoms with E-state index in [4.69, 9.17) is 4.74 Å². The molecule has 0 radical (unpaired) electrons. The van der Waals surface area contributed by atoms with Crippen LogP contribution in [0.4, 0.5) is 4.39 Å². The number of nitrogens with zero attached hydrogens (tertiary/aromatic N) is 2. The zero-order chi connectivity index (χ0) is 20.1. The highest BCUT2D eigenvalue weighted by Crippen LogP contribution is 2.25. The smallest absolute Gasteiger partial charge is 0.165 e. The first-order valence-electron chi connectivity index (χ1n) is 9.66. The highest BCUT2D eigenvalue weighted by molar-refractivity contribution is 6.10. The van der Waals surface area contributed by atoms with Crippen LogP contribution in [0, 0.1) is 5.82 Å². The summed E-state index contributed by atoms with van der Waals surface area (Å²) in [6.07, 6.45) is 4.71. The zero-order valence-electron chi connectivity index (χ0n) is 16.3. The Bertz CT molecular complexity index is 1020. The van der Waals surface area contributed by atoms with Crippen molar-refractivity contribution >= 4 is 11.8 Å². The number of hydrogen-bond acceptors (Lipinski definition) is 3. The summed E-state index contributed by atoms with van der Waals surface area (Å²) in [5.41, 5.74) is 3.90. The topological polar surface area (TPSA) is 24.8 Å². The summed E-state index contributed by atoms with van der Waals surface area (Å²) < 4.78 is 20.2. The second-order valence-corrected chi connectivity index (χ2v) is 7.12. The normalized spacial score (nSPS) is 15.9. The van der Waals surface area contributed by atoms with Crippen molar-refractivity contribution < 1.29 is 9.13 Å². The number of ether oxygens (including phenoxy) is 1. The van der Waals surface area contributed by atoms with Crippen LogP contribution in [0.15, 0.2) is 90.1 Å². The predicted octanol–water partition coefficient (Wildman–Crippen LogP) is 5.33. The van der Waals surface area contributed by atoms with Crippen LogP contribution < -0.4 is 4.74 Å². The zero-order valence-corrected chi connectivity index (χ0v) is 16.3. The molecule has 3 nitrogen and oxygen atoms in total. The molecule has 0 N–H and O–H groups in total. The van der Waals surface area contributed by atoms with Gasteiger partial charge >= 0.3 is 0 Å². The molecule has 3 aromatic rings. The number of likely N-dealkylation sites (N-methyl/N-ethyl adjacent to an activating group) is 1. The van der Waals surface area contributed by atoms with Gasteiger partial charge in [-0.15, -0.1) is 0 Å². The molecule has 4 heteroatoms. The van der Waals surface area contributed by atoms with Gasteiger partial charge in [0.2, 0.25) is 0 Å². The van der Waals surface area contributed by atoms with Crippen molar-refractivity contribution in [3.63, 3.8) is 0 Å². The molecule has 0 aliphatic carbocycles. The number of aliphatic imine (C=N–C) groups is 1. The van der Waals surface area contributed by atoms with Crippen molar-refractivity contribution in [2.24, 2.45) is 4.99 Å². The second kappa shape index (κ2) is 8.74. The Morgan fingerprint density at radius 2 is 1.62 bits per heavy atom. The Labute approximate surface area is 170 Å². The van der Waals surface area contributed by atoms with Crippen LogP contribution in [0.1, 0.15) is 16.7 Å². The summed E-state index contributed by atoms with van der Waals surface area (Å²) in [5, 5.41) is 0. The van der Waals surface area contributed by atoms with Crippen molar-refractivity contribution in [3.05, 3.63) is 108 Å². The maximum Gasteiger partial charge on any atom is 0.165 e. The summed E-state index contributed by atoms with van der Waals surface area (Å²) in [7, 11) is 2.00. The molecule has 1 heterocycles. The van der Waals surface area contributed by atoms with Crippen LogP contribution in [0.2, 0.25) is 0 Å². The highest BCUT2D eigenvalue weighted by atomic mass is 19.1. The van der Waals surface area contributed by atoms with Gasteiger partial charge in [0.25, 0.3) is 0 Å². The molecule has 3 aromatic carbocycles. The van der Waals surface area contributed by atoms with Crippen LogP contribution in [-0.4, -0.2) is 24.3 Å². The van der Waals surface area contributed by atoms with Crippen molar-refractivity contribution in [1.29, 1.82) is 0 Å². The Balaban J connectivity index is 1.43. The van der Waals surface area contributed by atoms with E-state index in [9.17, 15) is 4.39 Å². The first kappa shape index (κ1) is 18.9. The van der Waals surface area contributed by atoms with Crippen LogP contribution in [0.3, 0.4) is 0 Å². The van der Waals surface area contributed by atoms with Gasteiger partial charge in [-0.05, 0) is 28.8 Å². The number of benzene rings is 3. The van der Waals surface area contributed by atoms with E-state index in [0.29, 0.717) is 6.61 Å². The minimum absolute atomic E-state index is 0.0412. The van der Waals surface area contributed by atoms with Gasteiger partial charge in [0.05, 0.1) is 0 Å². The minimum Gasteiger partial charge on any atom is -0.486 e. The third-order valence-corrected chi connectivity index (χ3v) is 4.96. The SMILES string of the molecule is CN1C=C(c2ccc(OCc3ccccc3)c(F)c2)C=NC1Cc1ccccc1. The van der Waals surface area contributed by atoms with Crippen LogP contribution >= 0.6 is 0 Å². The summed E-state index contributed by atoms with van der Waals surface area (Å²) in [6, 6.07) is 25.1. The second-order valence-electron chi connectivity index (χ2n) is 7.12. The van der Waals surface area contributed by atoms with E-state index in [-0.39, 0.29) is 17.7 Å². The van der Waals surface area contributed by atoms with Crippen LogP contribution in [-0.2, 0) is 13.0 Å². The third kappa shape index (κ3) is 4.72. The molecular weight excluding hydrogens is 363 g/mol. The first-order chi connectivity index (χ1) is 14.2. The molecule has 1 aliphatic heterocycles. The van der Waals surface area contributed by atoms with Crippen molar-refractivity contribution in [3.8, 4) is 5.75 Å². The van der Waals surface area contributed by atoms with Gasteiger partial charge in [0.1, 0.15) is 12.8 Å². The third-order valence-electron chi connectivity index (χ3n) is 4.96. The van der Waals surface area contributed by atoms with E-state index in [2.05, 4.69) is 22.0 Å². The average Bonchev–Trinajstić information content (AvgIpc) is 2.76. The Morgan fingerprint density at radius 1 is 0.931 bits per heavy atom. The molecule has 4 rings (SSSR count). The first-order valence-corrected chi connectivity index (χ1v) is 9.66. The molecule has 0 aromatic heterocycles. The lowest BCUT2D eigenvalue weighted by atomic mass is 10.0. The fraction of sp³-hybridized carbons (Fsp3) is 0.160. The molecule has 29 heavy (non-hydrogen) atoms. The number of rotatable bonds is 6. The largest absolute Gasteiger partial charge is 0.486 e. The fourth-order valence-corrected chi connectivity index (χ4v) is 3.31. The fourth-order valence-electron chi connectivity index (χ4n) is 3.31. The van der Waals surface area contributed by atoms with Crippen LogP contribution in [0.25, 0.3) is 5.57 Å². The highest BCUT2D eigenvalue weighted by Gasteiger charge is 2.17. The van der Waals surface area contributed by atoms with E-state index < -0.39 is 0 Å². The standard InChI is InChI=1S/C25H23FN2O/c1-28-17-22(16-27-25(28)14-19-8-4-2-5-9-19)21-12-13-24(23(26)15-21)29-18-20-10-6-3-7-11-20/h2-13,15-17,25H,14,18H2,1H3. The molecule has 0 saturated carbocycles. The number of allylic oxidation sites excluding steroid dienone is 1. The molecule has 0 amide bonds. The van der Waals surface area contributed by atoms with Crippen molar-refractivity contribution in [2.45, 2.75) is 19.2 Å². The van der Waals surface area contributed by atoms with Gasteiger partial charge in [-0.1, -0.05) is 66.7 Å². The molecule has 1 atom stereocenters. The molecule has 146 valence electrons. The van der Waals surface area contributed by atoms with Crippen LogP contribution in [0.5, 0.6) is 5.75 Å². The average molecular weight is 386 g/mol.